The molecule has 1 amide bonds. The first-order chi connectivity index (χ1) is 9.65. The molecular weight excluding hydrogens is 254 g/mol. The summed E-state index contributed by atoms with van der Waals surface area (Å²) in [5.41, 5.74) is 0. The Morgan fingerprint density at radius 1 is 1.15 bits per heavy atom. The van der Waals surface area contributed by atoms with Crippen LogP contribution in [0.4, 0.5) is 0 Å². The molecule has 0 saturated carbocycles. The minimum absolute atomic E-state index is 0.295. The lowest BCUT2D eigenvalue weighted by molar-refractivity contribution is -0.135. The molecule has 0 aromatic carbocycles. The largest absolute Gasteiger partial charge is 0.378 e. The number of ether oxygens (including phenoxy) is 1. The van der Waals surface area contributed by atoms with Crippen LogP contribution in [0.2, 0.25) is 0 Å². The molecule has 20 heavy (non-hydrogen) atoms. The van der Waals surface area contributed by atoms with Crippen LogP contribution in [0.3, 0.4) is 0 Å². The number of likely N-dealkylation sites (tertiary alicyclic amines) is 1. The third kappa shape index (κ3) is 5.04. The maximum Gasteiger partial charge on any atom is 0.224 e. The summed E-state index contributed by atoms with van der Waals surface area (Å²) >= 11 is 0. The SMILES string of the molecule is CN(C)CC1CCN(CCC(=O)N2CCOCC2)CC1. The molecule has 0 aliphatic carbocycles. The van der Waals surface area contributed by atoms with Crippen LogP contribution in [0, 0.1) is 5.92 Å². The van der Waals surface area contributed by atoms with Gasteiger partial charge in [0.25, 0.3) is 0 Å². The highest BCUT2D eigenvalue weighted by Crippen LogP contribution is 2.18. The van der Waals surface area contributed by atoms with Gasteiger partial charge in [0.05, 0.1) is 13.2 Å². The van der Waals surface area contributed by atoms with Gasteiger partial charge in [0.2, 0.25) is 5.91 Å². The van der Waals surface area contributed by atoms with Gasteiger partial charge in [-0.2, -0.15) is 0 Å². The number of hydrogen-bond acceptors (Lipinski definition) is 4. The van der Waals surface area contributed by atoms with Gasteiger partial charge in [-0.1, -0.05) is 0 Å². The molecule has 5 heteroatoms. The number of carbonyl (C=O) groups is 1. The quantitative estimate of drug-likeness (QED) is 0.736. The number of amides is 1. The van der Waals surface area contributed by atoms with E-state index >= 15 is 0 Å². The number of morpholine rings is 1. The van der Waals surface area contributed by atoms with Crippen molar-refractivity contribution in [2.75, 3.05) is 66.6 Å². The molecule has 2 heterocycles. The van der Waals surface area contributed by atoms with Crippen molar-refractivity contribution in [3.8, 4) is 0 Å². The molecule has 0 aromatic heterocycles. The third-order valence-corrected chi connectivity index (χ3v) is 4.34. The minimum Gasteiger partial charge on any atom is -0.378 e. The minimum atomic E-state index is 0.295. The summed E-state index contributed by atoms with van der Waals surface area (Å²) in [7, 11) is 4.29. The summed E-state index contributed by atoms with van der Waals surface area (Å²) in [5, 5.41) is 0. The zero-order chi connectivity index (χ0) is 14.4. The normalized spacial score (nSPS) is 22.4. The van der Waals surface area contributed by atoms with Crippen molar-refractivity contribution < 1.29 is 9.53 Å². The number of hydrogen-bond donors (Lipinski definition) is 0. The molecule has 2 aliphatic rings. The van der Waals surface area contributed by atoms with E-state index in [2.05, 4.69) is 23.9 Å². The van der Waals surface area contributed by atoms with Crippen molar-refractivity contribution in [1.82, 2.24) is 14.7 Å². The average Bonchev–Trinajstić information content (AvgIpc) is 2.46. The molecule has 0 bridgehead atoms. The predicted molar refractivity (Wildman–Crippen MR) is 79.7 cm³/mol. The predicted octanol–water partition coefficient (Wildman–Crippen LogP) is 0.509. The molecule has 0 spiro atoms. The van der Waals surface area contributed by atoms with Crippen LogP contribution >= 0.6 is 0 Å². The summed E-state index contributed by atoms with van der Waals surface area (Å²) in [5.74, 6) is 1.12. The van der Waals surface area contributed by atoms with Gasteiger partial charge in [-0.15, -0.1) is 0 Å². The lowest BCUT2D eigenvalue weighted by Crippen LogP contribution is -2.43. The molecule has 116 valence electrons. The summed E-state index contributed by atoms with van der Waals surface area (Å²) in [6.45, 7) is 7.34. The molecule has 0 atom stereocenters. The van der Waals surface area contributed by atoms with Crippen molar-refractivity contribution in [3.05, 3.63) is 0 Å². The first-order valence-electron chi connectivity index (χ1n) is 7.88. The second-order valence-electron chi connectivity index (χ2n) is 6.29. The Hall–Kier alpha value is -0.650. The van der Waals surface area contributed by atoms with E-state index in [0.29, 0.717) is 25.5 Å². The van der Waals surface area contributed by atoms with Gasteiger partial charge in [-0.25, -0.2) is 0 Å². The van der Waals surface area contributed by atoms with E-state index in [1.54, 1.807) is 0 Å². The van der Waals surface area contributed by atoms with Crippen molar-refractivity contribution in [3.63, 3.8) is 0 Å². The second-order valence-corrected chi connectivity index (χ2v) is 6.29. The van der Waals surface area contributed by atoms with Crippen LogP contribution in [-0.4, -0.2) is 87.2 Å². The lowest BCUT2D eigenvalue weighted by atomic mass is 9.96. The van der Waals surface area contributed by atoms with Crippen LogP contribution in [0.5, 0.6) is 0 Å². The number of carbonyl (C=O) groups excluding carboxylic acids is 1. The molecule has 2 aliphatic heterocycles. The molecule has 5 nitrogen and oxygen atoms in total. The first-order valence-corrected chi connectivity index (χ1v) is 7.88. The molecule has 2 fully saturated rings. The fourth-order valence-electron chi connectivity index (χ4n) is 3.13. The monoisotopic (exact) mass is 283 g/mol. The van der Waals surface area contributed by atoms with Crippen LogP contribution in [-0.2, 0) is 9.53 Å². The van der Waals surface area contributed by atoms with Gasteiger partial charge >= 0.3 is 0 Å². The Labute approximate surface area is 122 Å². The number of nitrogens with zero attached hydrogens (tertiary/aromatic N) is 3. The Morgan fingerprint density at radius 3 is 2.40 bits per heavy atom. The van der Waals surface area contributed by atoms with Crippen molar-refractivity contribution in [1.29, 1.82) is 0 Å². The maximum absolute atomic E-state index is 12.1. The zero-order valence-corrected chi connectivity index (χ0v) is 13.0. The van der Waals surface area contributed by atoms with Gasteiger partial charge in [0.1, 0.15) is 0 Å². The zero-order valence-electron chi connectivity index (χ0n) is 13.0. The standard InChI is InChI=1S/C15H29N3O2/c1-16(2)13-14-3-6-17(7-4-14)8-5-15(19)18-9-11-20-12-10-18/h14H,3-13H2,1-2H3. The Morgan fingerprint density at radius 2 is 1.80 bits per heavy atom. The Kier molecular flexibility index (Phi) is 6.26. The second kappa shape index (κ2) is 7.96. The molecule has 0 N–H and O–H groups in total. The average molecular weight is 283 g/mol. The van der Waals surface area contributed by atoms with E-state index < -0.39 is 0 Å². The van der Waals surface area contributed by atoms with Crippen molar-refractivity contribution in [2.24, 2.45) is 5.92 Å². The highest BCUT2D eigenvalue weighted by atomic mass is 16.5. The fraction of sp³-hybridized carbons (Fsp3) is 0.933. The van der Waals surface area contributed by atoms with Crippen molar-refractivity contribution in [2.45, 2.75) is 19.3 Å². The maximum atomic E-state index is 12.1. The van der Waals surface area contributed by atoms with Crippen LogP contribution in [0.25, 0.3) is 0 Å². The molecule has 0 aromatic rings. The van der Waals surface area contributed by atoms with E-state index in [0.717, 1.165) is 38.6 Å². The van der Waals surface area contributed by atoms with E-state index in [1.165, 1.54) is 19.4 Å². The summed E-state index contributed by atoms with van der Waals surface area (Å²) in [6.07, 6.45) is 3.20. The lowest BCUT2D eigenvalue weighted by Gasteiger charge is -2.33. The number of piperidine rings is 1. The van der Waals surface area contributed by atoms with Gasteiger partial charge in [-0.05, 0) is 45.9 Å². The van der Waals surface area contributed by atoms with Gasteiger partial charge in [0, 0.05) is 32.6 Å². The summed E-state index contributed by atoms with van der Waals surface area (Å²) in [6, 6.07) is 0. The Balaban J connectivity index is 1.61. The first kappa shape index (κ1) is 15.7. The summed E-state index contributed by atoms with van der Waals surface area (Å²) in [4.78, 5) is 18.8. The molecule has 0 unspecified atom stereocenters. The number of rotatable bonds is 5. The van der Waals surface area contributed by atoms with E-state index in [-0.39, 0.29) is 0 Å². The molecule has 2 rings (SSSR count). The Bertz CT molecular complexity index is 295. The smallest absolute Gasteiger partial charge is 0.224 e. The van der Waals surface area contributed by atoms with Gasteiger partial charge < -0.3 is 19.4 Å². The van der Waals surface area contributed by atoms with Crippen LogP contribution in [0.1, 0.15) is 19.3 Å². The summed E-state index contributed by atoms with van der Waals surface area (Å²) < 4.78 is 5.28. The highest BCUT2D eigenvalue weighted by Gasteiger charge is 2.21. The van der Waals surface area contributed by atoms with Crippen LogP contribution in [0.15, 0.2) is 0 Å². The van der Waals surface area contributed by atoms with E-state index in [1.807, 2.05) is 4.90 Å². The van der Waals surface area contributed by atoms with E-state index in [4.69, 9.17) is 4.74 Å². The topological polar surface area (TPSA) is 36.0 Å². The molecule has 2 saturated heterocycles. The van der Waals surface area contributed by atoms with E-state index in [9.17, 15) is 4.79 Å². The highest BCUT2D eigenvalue weighted by molar-refractivity contribution is 5.76. The molecule has 0 radical (unpaired) electrons. The third-order valence-electron chi connectivity index (χ3n) is 4.34. The van der Waals surface area contributed by atoms with Gasteiger partial charge in [-0.3, -0.25) is 4.79 Å². The van der Waals surface area contributed by atoms with Crippen molar-refractivity contribution >= 4 is 5.91 Å². The molecular formula is C15H29N3O2. The van der Waals surface area contributed by atoms with Crippen LogP contribution < -0.4 is 0 Å². The fourth-order valence-corrected chi connectivity index (χ4v) is 3.13. The van der Waals surface area contributed by atoms with Gasteiger partial charge in [0.15, 0.2) is 0 Å².